The summed E-state index contributed by atoms with van der Waals surface area (Å²) < 4.78 is 0. The van der Waals surface area contributed by atoms with Crippen LogP contribution in [0.25, 0.3) is 0 Å². The summed E-state index contributed by atoms with van der Waals surface area (Å²) in [4.78, 5) is 10.2. The van der Waals surface area contributed by atoms with Crippen molar-refractivity contribution in [3.63, 3.8) is 0 Å². The largest absolute Gasteiger partial charge is 0.303 e. The molecule has 0 N–H and O–H groups in total. The van der Waals surface area contributed by atoms with Gasteiger partial charge in [-0.3, -0.25) is 0 Å². The van der Waals surface area contributed by atoms with Crippen LogP contribution in [-0.2, 0) is 4.79 Å². The van der Waals surface area contributed by atoms with Gasteiger partial charge in [0.15, 0.2) is 0 Å². The fourth-order valence-corrected chi connectivity index (χ4v) is 1.71. The number of carbonyl (C=O) groups excluding carboxylic acids is 1. The first-order chi connectivity index (χ1) is 3.87. The molecule has 0 aromatic carbocycles. The third-order valence-corrected chi connectivity index (χ3v) is 2.80. The smallest absolute Gasteiger partial charge is 0.123 e. The van der Waals surface area contributed by atoms with Crippen molar-refractivity contribution in [2.24, 2.45) is 11.3 Å². The van der Waals surface area contributed by atoms with Crippen molar-refractivity contribution < 1.29 is 4.79 Å². The van der Waals surface area contributed by atoms with E-state index in [0.29, 0.717) is 11.3 Å². The summed E-state index contributed by atoms with van der Waals surface area (Å²) in [5, 5.41) is 0. The lowest BCUT2D eigenvalue weighted by Gasteiger charge is -2.32. The van der Waals surface area contributed by atoms with E-state index in [1.807, 2.05) is 0 Å². The lowest BCUT2D eigenvalue weighted by atomic mass is 9.71. The van der Waals surface area contributed by atoms with E-state index < -0.39 is 0 Å². The minimum Gasteiger partial charge on any atom is -0.303 e. The highest BCUT2D eigenvalue weighted by molar-refractivity contribution is 5.58. The number of hydrogen-bond donors (Lipinski definition) is 0. The van der Waals surface area contributed by atoms with Gasteiger partial charge in [-0.15, -0.1) is 0 Å². The van der Waals surface area contributed by atoms with Crippen LogP contribution in [0.2, 0.25) is 0 Å². The van der Waals surface area contributed by atoms with Gasteiger partial charge in [-0.1, -0.05) is 0 Å². The molecule has 2 rings (SSSR count). The molecule has 1 heteroatoms. The van der Waals surface area contributed by atoms with Crippen molar-refractivity contribution in [2.75, 3.05) is 0 Å². The van der Waals surface area contributed by atoms with Gasteiger partial charge in [-0.2, -0.15) is 0 Å². The van der Waals surface area contributed by atoms with Crippen LogP contribution in [0.3, 0.4) is 0 Å². The zero-order valence-corrected chi connectivity index (χ0v) is 4.89. The first kappa shape index (κ1) is 4.54. The zero-order chi connectivity index (χ0) is 5.61. The third-order valence-electron chi connectivity index (χ3n) is 2.80. The molecule has 0 aromatic heterocycles. The average Bonchev–Trinajstić information content (AvgIpc) is 2.42. The molecule has 2 fully saturated rings. The van der Waals surface area contributed by atoms with Gasteiger partial charge in [0, 0.05) is 5.92 Å². The van der Waals surface area contributed by atoms with E-state index in [1.165, 1.54) is 25.7 Å². The summed E-state index contributed by atoms with van der Waals surface area (Å²) in [6.45, 7) is 0. The van der Waals surface area contributed by atoms with Crippen LogP contribution in [0.4, 0.5) is 0 Å². The summed E-state index contributed by atoms with van der Waals surface area (Å²) in [7, 11) is 0. The topological polar surface area (TPSA) is 17.1 Å². The molecule has 1 unspecified atom stereocenters. The molecule has 1 spiro atoms. The Morgan fingerprint density at radius 3 is 2.25 bits per heavy atom. The standard InChI is InChI=1S/C7H10O/c8-5-6-1-2-7(6)3-4-7/h5-6H,1-4H2. The van der Waals surface area contributed by atoms with Gasteiger partial charge in [-0.25, -0.2) is 0 Å². The molecule has 0 saturated heterocycles. The molecule has 44 valence electrons. The molecule has 0 aliphatic heterocycles. The Bertz CT molecular complexity index is 124. The number of aldehydes is 1. The third kappa shape index (κ3) is 0.355. The van der Waals surface area contributed by atoms with Crippen molar-refractivity contribution in [2.45, 2.75) is 25.7 Å². The van der Waals surface area contributed by atoms with Gasteiger partial charge < -0.3 is 4.79 Å². The van der Waals surface area contributed by atoms with Crippen molar-refractivity contribution >= 4 is 6.29 Å². The van der Waals surface area contributed by atoms with Crippen molar-refractivity contribution in [1.29, 1.82) is 0 Å². The SMILES string of the molecule is O=CC1CCC12CC2. The molecule has 2 aliphatic carbocycles. The predicted octanol–water partition coefficient (Wildman–Crippen LogP) is 1.38. The van der Waals surface area contributed by atoms with E-state index in [-0.39, 0.29) is 0 Å². The molecule has 0 amide bonds. The highest BCUT2D eigenvalue weighted by Crippen LogP contribution is 2.63. The summed E-state index contributed by atoms with van der Waals surface area (Å²) in [5.41, 5.74) is 0.571. The molecular formula is C7H10O. The second-order valence-corrected chi connectivity index (χ2v) is 3.14. The lowest BCUT2D eigenvalue weighted by molar-refractivity contribution is -0.116. The first-order valence-corrected chi connectivity index (χ1v) is 3.33. The van der Waals surface area contributed by atoms with Crippen LogP contribution in [0.15, 0.2) is 0 Å². The monoisotopic (exact) mass is 110 g/mol. The van der Waals surface area contributed by atoms with E-state index in [9.17, 15) is 4.79 Å². The van der Waals surface area contributed by atoms with E-state index in [0.717, 1.165) is 6.29 Å². The van der Waals surface area contributed by atoms with Crippen molar-refractivity contribution in [3.8, 4) is 0 Å². The average molecular weight is 110 g/mol. The maximum atomic E-state index is 10.2. The molecule has 1 atom stereocenters. The normalized spacial score (nSPS) is 38.8. The molecule has 0 heterocycles. The molecule has 0 radical (unpaired) electrons. The van der Waals surface area contributed by atoms with Crippen LogP contribution in [-0.4, -0.2) is 6.29 Å². The molecular weight excluding hydrogens is 100 g/mol. The molecule has 0 aromatic rings. The van der Waals surface area contributed by atoms with Crippen molar-refractivity contribution in [3.05, 3.63) is 0 Å². The van der Waals surface area contributed by atoms with Crippen LogP contribution >= 0.6 is 0 Å². The van der Waals surface area contributed by atoms with E-state index in [1.54, 1.807) is 0 Å². The molecule has 2 aliphatic rings. The Morgan fingerprint density at radius 2 is 2.12 bits per heavy atom. The van der Waals surface area contributed by atoms with E-state index in [4.69, 9.17) is 0 Å². The van der Waals surface area contributed by atoms with Crippen LogP contribution in [0.5, 0.6) is 0 Å². The van der Waals surface area contributed by atoms with Crippen LogP contribution in [0, 0.1) is 11.3 Å². The second-order valence-electron chi connectivity index (χ2n) is 3.14. The molecule has 0 bridgehead atoms. The second kappa shape index (κ2) is 1.15. The number of hydrogen-bond acceptors (Lipinski definition) is 1. The Morgan fingerprint density at radius 1 is 1.38 bits per heavy atom. The quantitative estimate of drug-likeness (QED) is 0.466. The van der Waals surface area contributed by atoms with Gasteiger partial charge >= 0.3 is 0 Å². The molecule has 1 nitrogen and oxygen atoms in total. The molecule has 8 heavy (non-hydrogen) atoms. The number of rotatable bonds is 1. The van der Waals surface area contributed by atoms with E-state index in [2.05, 4.69) is 0 Å². The maximum absolute atomic E-state index is 10.2. The summed E-state index contributed by atoms with van der Waals surface area (Å²) in [6, 6.07) is 0. The highest BCUT2D eigenvalue weighted by Gasteiger charge is 2.55. The van der Waals surface area contributed by atoms with Crippen molar-refractivity contribution in [1.82, 2.24) is 0 Å². The number of carbonyl (C=O) groups is 1. The van der Waals surface area contributed by atoms with Gasteiger partial charge in [0.05, 0.1) is 0 Å². The maximum Gasteiger partial charge on any atom is 0.123 e. The zero-order valence-electron chi connectivity index (χ0n) is 4.89. The lowest BCUT2D eigenvalue weighted by Crippen LogP contribution is -2.28. The van der Waals surface area contributed by atoms with Gasteiger partial charge in [0.25, 0.3) is 0 Å². The summed E-state index contributed by atoms with van der Waals surface area (Å²) in [6.07, 6.45) is 6.31. The Balaban J connectivity index is 2.07. The van der Waals surface area contributed by atoms with Gasteiger partial charge in [0.2, 0.25) is 0 Å². The van der Waals surface area contributed by atoms with Gasteiger partial charge in [0.1, 0.15) is 6.29 Å². The summed E-state index contributed by atoms with van der Waals surface area (Å²) >= 11 is 0. The van der Waals surface area contributed by atoms with Crippen LogP contribution in [0.1, 0.15) is 25.7 Å². The minimum absolute atomic E-state index is 0.461. The fourth-order valence-electron chi connectivity index (χ4n) is 1.71. The molecule has 2 saturated carbocycles. The Hall–Kier alpha value is -0.330. The van der Waals surface area contributed by atoms with Gasteiger partial charge in [-0.05, 0) is 31.1 Å². The van der Waals surface area contributed by atoms with E-state index >= 15 is 0 Å². The predicted molar refractivity (Wildman–Crippen MR) is 30.5 cm³/mol. The Kier molecular flexibility index (Phi) is 0.651. The fraction of sp³-hybridized carbons (Fsp3) is 0.857. The minimum atomic E-state index is 0.461. The Labute approximate surface area is 49.1 Å². The highest BCUT2D eigenvalue weighted by atomic mass is 16.1. The van der Waals surface area contributed by atoms with Crippen LogP contribution < -0.4 is 0 Å². The summed E-state index contributed by atoms with van der Waals surface area (Å²) in [5.74, 6) is 0.461. The first-order valence-electron chi connectivity index (χ1n) is 3.33.